The summed E-state index contributed by atoms with van der Waals surface area (Å²) in [6.07, 6.45) is 0. The molecule has 0 fully saturated rings. The fraction of sp³-hybridized carbons (Fsp3) is 0.500. The maximum Gasteiger partial charge on any atom is 0.224 e. The van der Waals surface area contributed by atoms with Crippen molar-refractivity contribution >= 4 is 27.8 Å². The van der Waals surface area contributed by atoms with E-state index in [0.717, 1.165) is 23.5 Å². The minimum absolute atomic E-state index is 0.345. The lowest BCUT2D eigenvalue weighted by Gasteiger charge is -2.24. The van der Waals surface area contributed by atoms with Crippen LogP contribution in [0.4, 0.5) is 0 Å². The fourth-order valence-corrected chi connectivity index (χ4v) is 2.02. The maximum absolute atomic E-state index is 11.4. The van der Waals surface area contributed by atoms with E-state index in [0.29, 0.717) is 6.54 Å². The van der Waals surface area contributed by atoms with Crippen molar-refractivity contribution in [3.63, 3.8) is 0 Å². The number of carbonyl (C=O) groups is 1. The second kappa shape index (κ2) is 8.17. The molecule has 0 atom stereocenters. The number of nitrogens with zero attached hydrogens (tertiary/aromatic N) is 2. The molecule has 1 aromatic rings. The number of hydrogen-bond acceptors (Lipinski definition) is 2. The van der Waals surface area contributed by atoms with Crippen LogP contribution in [-0.4, -0.2) is 36.9 Å². The summed E-state index contributed by atoms with van der Waals surface area (Å²) in [6.45, 7) is 7.47. The standard InChI is InChI=1S/C16H25BrN4O/c1-5-19-15(20-11-16(2,3)14(18)22)21(4)10-12-6-8-13(17)9-7-12/h6-9H,5,10-11H2,1-4H3,(H2,18,22)(H,19,20). The van der Waals surface area contributed by atoms with Crippen molar-refractivity contribution in [2.24, 2.45) is 16.1 Å². The number of benzene rings is 1. The summed E-state index contributed by atoms with van der Waals surface area (Å²) < 4.78 is 1.06. The summed E-state index contributed by atoms with van der Waals surface area (Å²) in [5.74, 6) is 0.419. The molecule has 3 N–H and O–H groups in total. The van der Waals surface area contributed by atoms with Crippen LogP contribution < -0.4 is 11.1 Å². The summed E-state index contributed by atoms with van der Waals surface area (Å²) in [6, 6.07) is 8.17. The van der Waals surface area contributed by atoms with Gasteiger partial charge in [0.2, 0.25) is 5.91 Å². The van der Waals surface area contributed by atoms with Gasteiger partial charge in [-0.2, -0.15) is 0 Å². The van der Waals surface area contributed by atoms with Crippen molar-refractivity contribution in [1.82, 2.24) is 10.2 Å². The van der Waals surface area contributed by atoms with E-state index in [2.05, 4.69) is 38.4 Å². The van der Waals surface area contributed by atoms with Crippen LogP contribution in [0.3, 0.4) is 0 Å². The smallest absolute Gasteiger partial charge is 0.224 e. The summed E-state index contributed by atoms with van der Waals surface area (Å²) in [4.78, 5) is 18.0. The first-order valence-corrected chi connectivity index (χ1v) is 8.09. The molecule has 22 heavy (non-hydrogen) atoms. The molecular weight excluding hydrogens is 344 g/mol. The third kappa shape index (κ3) is 5.67. The Balaban J connectivity index is 2.80. The highest BCUT2D eigenvalue weighted by Gasteiger charge is 2.24. The molecule has 0 aliphatic rings. The lowest BCUT2D eigenvalue weighted by Crippen LogP contribution is -2.40. The molecule has 0 aromatic heterocycles. The number of nitrogens with two attached hydrogens (primary N) is 1. The van der Waals surface area contributed by atoms with Gasteiger partial charge >= 0.3 is 0 Å². The molecule has 0 unspecified atom stereocenters. The van der Waals surface area contributed by atoms with Crippen LogP contribution in [-0.2, 0) is 11.3 Å². The van der Waals surface area contributed by atoms with Gasteiger partial charge in [0.25, 0.3) is 0 Å². The van der Waals surface area contributed by atoms with Crippen LogP contribution in [0, 0.1) is 5.41 Å². The predicted molar refractivity (Wildman–Crippen MR) is 94.6 cm³/mol. The van der Waals surface area contributed by atoms with Gasteiger partial charge in [0, 0.05) is 24.6 Å². The van der Waals surface area contributed by atoms with Gasteiger partial charge in [0.05, 0.1) is 12.0 Å². The molecule has 0 saturated carbocycles. The fourth-order valence-electron chi connectivity index (χ4n) is 1.76. The van der Waals surface area contributed by atoms with Crippen LogP contribution in [0.15, 0.2) is 33.7 Å². The molecule has 0 heterocycles. The third-order valence-electron chi connectivity index (χ3n) is 3.32. The van der Waals surface area contributed by atoms with Crippen molar-refractivity contribution in [3.8, 4) is 0 Å². The molecule has 0 aliphatic heterocycles. The van der Waals surface area contributed by atoms with Crippen molar-refractivity contribution in [2.45, 2.75) is 27.3 Å². The molecule has 1 rings (SSSR count). The Labute approximate surface area is 141 Å². The zero-order chi connectivity index (χ0) is 16.8. The zero-order valence-electron chi connectivity index (χ0n) is 13.7. The number of nitrogens with one attached hydrogen (secondary N) is 1. The van der Waals surface area contributed by atoms with Gasteiger partial charge in [0.15, 0.2) is 5.96 Å². The summed E-state index contributed by atoms with van der Waals surface area (Å²) in [5.41, 5.74) is 5.93. The van der Waals surface area contributed by atoms with Crippen LogP contribution >= 0.6 is 15.9 Å². The van der Waals surface area contributed by atoms with E-state index in [9.17, 15) is 4.79 Å². The van der Waals surface area contributed by atoms with E-state index < -0.39 is 5.41 Å². The zero-order valence-corrected chi connectivity index (χ0v) is 15.3. The van der Waals surface area contributed by atoms with Crippen LogP contribution in [0.5, 0.6) is 0 Å². The second-order valence-electron chi connectivity index (χ2n) is 5.90. The Morgan fingerprint density at radius 2 is 1.95 bits per heavy atom. The van der Waals surface area contributed by atoms with E-state index >= 15 is 0 Å². The molecule has 0 radical (unpaired) electrons. The molecule has 122 valence electrons. The quantitative estimate of drug-likeness (QED) is 0.597. The number of rotatable bonds is 6. The SMILES string of the molecule is CCNC(=NCC(C)(C)C(N)=O)N(C)Cc1ccc(Br)cc1. The second-order valence-corrected chi connectivity index (χ2v) is 6.82. The number of guanidine groups is 1. The van der Waals surface area contributed by atoms with E-state index in [1.165, 1.54) is 5.56 Å². The molecule has 0 bridgehead atoms. The monoisotopic (exact) mass is 368 g/mol. The number of aliphatic imine (C=N–C) groups is 1. The highest BCUT2D eigenvalue weighted by molar-refractivity contribution is 9.10. The summed E-state index contributed by atoms with van der Waals surface area (Å²) >= 11 is 3.43. The van der Waals surface area contributed by atoms with Gasteiger partial charge < -0.3 is 16.0 Å². The Morgan fingerprint density at radius 1 is 1.36 bits per heavy atom. The van der Waals surface area contributed by atoms with Gasteiger partial charge in [-0.25, -0.2) is 0 Å². The Bertz CT molecular complexity index is 525. The first-order valence-electron chi connectivity index (χ1n) is 7.30. The van der Waals surface area contributed by atoms with Gasteiger partial charge in [-0.05, 0) is 38.5 Å². The highest BCUT2D eigenvalue weighted by atomic mass is 79.9. The number of amides is 1. The van der Waals surface area contributed by atoms with E-state index in [1.54, 1.807) is 13.8 Å². The largest absolute Gasteiger partial charge is 0.369 e. The Morgan fingerprint density at radius 3 is 2.45 bits per heavy atom. The minimum atomic E-state index is -0.654. The Kier molecular flexibility index (Phi) is 6.87. The maximum atomic E-state index is 11.4. The van der Waals surface area contributed by atoms with Gasteiger partial charge in [-0.1, -0.05) is 28.1 Å². The molecular formula is C16H25BrN4O. The predicted octanol–water partition coefficient (Wildman–Crippen LogP) is 2.36. The molecule has 0 saturated heterocycles. The number of carbonyl (C=O) groups excluding carboxylic acids is 1. The van der Waals surface area contributed by atoms with Crippen molar-refractivity contribution in [1.29, 1.82) is 0 Å². The van der Waals surface area contributed by atoms with Crippen LogP contribution in [0.1, 0.15) is 26.3 Å². The van der Waals surface area contributed by atoms with Crippen LogP contribution in [0.2, 0.25) is 0 Å². The van der Waals surface area contributed by atoms with Gasteiger partial charge in [0.1, 0.15) is 0 Å². The topological polar surface area (TPSA) is 70.7 Å². The summed E-state index contributed by atoms with van der Waals surface area (Å²) in [7, 11) is 1.97. The minimum Gasteiger partial charge on any atom is -0.369 e. The highest BCUT2D eigenvalue weighted by Crippen LogP contribution is 2.15. The molecule has 0 aliphatic carbocycles. The molecule has 1 amide bonds. The van der Waals surface area contributed by atoms with Crippen molar-refractivity contribution < 1.29 is 4.79 Å². The molecule has 1 aromatic carbocycles. The molecule has 5 nitrogen and oxygen atoms in total. The number of primary amides is 1. The lowest BCUT2D eigenvalue weighted by atomic mass is 9.93. The van der Waals surface area contributed by atoms with Crippen molar-refractivity contribution in [2.75, 3.05) is 20.1 Å². The van der Waals surface area contributed by atoms with E-state index in [-0.39, 0.29) is 5.91 Å². The summed E-state index contributed by atoms with van der Waals surface area (Å²) in [5, 5.41) is 3.24. The molecule has 0 spiro atoms. The number of halogens is 1. The van der Waals surface area contributed by atoms with E-state index in [4.69, 9.17) is 5.73 Å². The first-order chi connectivity index (χ1) is 10.3. The average molecular weight is 369 g/mol. The lowest BCUT2D eigenvalue weighted by molar-refractivity contribution is -0.125. The first kappa shape index (κ1) is 18.5. The number of hydrogen-bond donors (Lipinski definition) is 2. The Hall–Kier alpha value is -1.56. The van der Waals surface area contributed by atoms with Crippen molar-refractivity contribution in [3.05, 3.63) is 34.3 Å². The van der Waals surface area contributed by atoms with E-state index in [1.807, 2.05) is 31.0 Å². The average Bonchev–Trinajstić information content (AvgIpc) is 2.45. The van der Waals surface area contributed by atoms with Crippen LogP contribution in [0.25, 0.3) is 0 Å². The van der Waals surface area contributed by atoms with Gasteiger partial charge in [-0.3, -0.25) is 9.79 Å². The van der Waals surface area contributed by atoms with Gasteiger partial charge in [-0.15, -0.1) is 0 Å². The molecule has 6 heteroatoms. The normalized spacial score (nSPS) is 12.1. The third-order valence-corrected chi connectivity index (χ3v) is 3.85.